The van der Waals surface area contributed by atoms with Crippen molar-refractivity contribution >= 4 is 33.1 Å². The molecule has 27 heavy (non-hydrogen) atoms. The Morgan fingerprint density at radius 2 is 1.74 bits per heavy atom. The zero-order chi connectivity index (χ0) is 19.0. The van der Waals surface area contributed by atoms with Crippen molar-refractivity contribution in [2.24, 2.45) is 5.73 Å². The summed E-state index contributed by atoms with van der Waals surface area (Å²) in [5, 5.41) is 0.609. The van der Waals surface area contributed by atoms with Gasteiger partial charge in [-0.15, -0.1) is 11.3 Å². The summed E-state index contributed by atoms with van der Waals surface area (Å²) >= 11 is 1.17. The number of methoxy groups -OCH3 is 1. The summed E-state index contributed by atoms with van der Waals surface area (Å²) < 4.78 is 5.50. The van der Waals surface area contributed by atoms with Crippen LogP contribution < -0.4 is 16.2 Å². The van der Waals surface area contributed by atoms with Crippen LogP contribution in [-0.4, -0.2) is 23.0 Å². The number of hydrogen-bond donors (Lipinski definition) is 2. The third-order valence-corrected chi connectivity index (χ3v) is 5.32. The number of nitrogens with zero attached hydrogens (tertiary/aromatic N) is 2. The summed E-state index contributed by atoms with van der Waals surface area (Å²) in [6, 6.07) is 17.2. The van der Waals surface area contributed by atoms with Gasteiger partial charge in [-0.1, -0.05) is 42.5 Å². The topological polar surface area (TPSA) is 104 Å². The van der Waals surface area contributed by atoms with E-state index in [1.54, 1.807) is 7.11 Å². The highest BCUT2D eigenvalue weighted by Gasteiger charge is 2.22. The third-order valence-electron chi connectivity index (χ3n) is 4.21. The van der Waals surface area contributed by atoms with Gasteiger partial charge in [0.1, 0.15) is 15.5 Å². The molecule has 0 spiro atoms. The number of fused-ring (bicyclic) bond motifs is 1. The molecule has 2 heterocycles. The van der Waals surface area contributed by atoms with Crippen molar-refractivity contribution < 1.29 is 9.53 Å². The number of amides is 1. The fraction of sp³-hybridized carbons (Fsp3) is 0.0500. The average Bonchev–Trinajstić information content (AvgIpc) is 3.05. The number of carbonyl (C=O) groups is 1. The quantitative estimate of drug-likeness (QED) is 0.565. The summed E-state index contributed by atoms with van der Waals surface area (Å²) in [7, 11) is 1.60. The molecule has 6 nitrogen and oxygen atoms in total. The second kappa shape index (κ2) is 6.69. The molecule has 4 rings (SSSR count). The number of thiophene rings is 1. The summed E-state index contributed by atoms with van der Waals surface area (Å²) in [4.78, 5) is 22.1. The number of anilines is 1. The second-order valence-corrected chi connectivity index (χ2v) is 6.85. The van der Waals surface area contributed by atoms with Gasteiger partial charge in [0.2, 0.25) is 0 Å². The Bertz CT molecular complexity index is 1160. The number of benzene rings is 2. The Labute approximate surface area is 159 Å². The summed E-state index contributed by atoms with van der Waals surface area (Å²) in [5.74, 6) is 0.617. The number of primary amides is 1. The van der Waals surface area contributed by atoms with Gasteiger partial charge in [-0.3, -0.25) is 4.79 Å². The molecular weight excluding hydrogens is 360 g/mol. The second-order valence-electron chi connectivity index (χ2n) is 5.85. The maximum atomic E-state index is 11.8. The Hall–Kier alpha value is -3.45. The first-order valence-electron chi connectivity index (χ1n) is 8.18. The molecule has 2 aromatic heterocycles. The van der Waals surface area contributed by atoms with E-state index in [1.165, 1.54) is 11.3 Å². The third kappa shape index (κ3) is 2.88. The number of hydrogen-bond acceptors (Lipinski definition) is 6. The number of para-hydroxylation sites is 1. The van der Waals surface area contributed by atoms with Gasteiger partial charge in [0.15, 0.2) is 5.82 Å². The molecule has 134 valence electrons. The largest absolute Gasteiger partial charge is 0.496 e. The molecule has 0 fully saturated rings. The van der Waals surface area contributed by atoms with Crippen LogP contribution >= 0.6 is 11.3 Å². The van der Waals surface area contributed by atoms with Crippen molar-refractivity contribution in [2.45, 2.75) is 0 Å². The van der Waals surface area contributed by atoms with Crippen molar-refractivity contribution in [3.8, 4) is 28.4 Å². The first kappa shape index (κ1) is 17.0. The van der Waals surface area contributed by atoms with Gasteiger partial charge in [-0.25, -0.2) is 9.97 Å². The molecule has 0 saturated heterocycles. The predicted molar refractivity (Wildman–Crippen MR) is 108 cm³/mol. The van der Waals surface area contributed by atoms with Gasteiger partial charge in [-0.2, -0.15) is 0 Å². The van der Waals surface area contributed by atoms with Gasteiger partial charge < -0.3 is 16.2 Å². The molecule has 4 N–H and O–H groups in total. The standard InChI is InChI=1S/C20H16N4O2S/c1-26-13-10-6-5-9-12(13)16-14-15(21)17(18(22)25)27-20(14)24-19(23-16)11-7-3-2-4-8-11/h2-10H,21H2,1H3,(H2,22,25). The van der Waals surface area contributed by atoms with E-state index in [2.05, 4.69) is 4.98 Å². The van der Waals surface area contributed by atoms with E-state index < -0.39 is 5.91 Å². The fourth-order valence-corrected chi connectivity index (χ4v) is 3.90. The Morgan fingerprint density at radius 3 is 2.44 bits per heavy atom. The summed E-state index contributed by atoms with van der Waals surface area (Å²) in [6.45, 7) is 0. The number of nitrogens with two attached hydrogens (primary N) is 2. The van der Waals surface area contributed by atoms with Gasteiger partial charge in [0, 0.05) is 11.1 Å². The van der Waals surface area contributed by atoms with Crippen LogP contribution in [0.3, 0.4) is 0 Å². The predicted octanol–water partition coefficient (Wildman–Crippen LogP) is 3.72. The normalized spacial score (nSPS) is 10.9. The number of ether oxygens (including phenoxy) is 1. The molecule has 7 heteroatoms. The average molecular weight is 376 g/mol. The van der Waals surface area contributed by atoms with E-state index >= 15 is 0 Å². The minimum Gasteiger partial charge on any atom is -0.496 e. The highest BCUT2D eigenvalue weighted by atomic mass is 32.1. The monoisotopic (exact) mass is 376 g/mol. The van der Waals surface area contributed by atoms with E-state index in [4.69, 9.17) is 21.2 Å². The van der Waals surface area contributed by atoms with Crippen LogP contribution in [0.15, 0.2) is 54.6 Å². The number of aromatic nitrogens is 2. The van der Waals surface area contributed by atoms with Gasteiger partial charge >= 0.3 is 0 Å². The molecule has 0 aliphatic carbocycles. The molecule has 4 aromatic rings. The number of nitrogen functional groups attached to an aromatic ring is 1. The lowest BCUT2D eigenvalue weighted by atomic mass is 10.1. The van der Waals surface area contributed by atoms with Crippen molar-refractivity contribution in [3.05, 3.63) is 59.5 Å². The van der Waals surface area contributed by atoms with Crippen LogP contribution in [0.25, 0.3) is 32.9 Å². The van der Waals surface area contributed by atoms with Crippen LogP contribution in [0.1, 0.15) is 9.67 Å². The lowest BCUT2D eigenvalue weighted by Crippen LogP contribution is -2.10. The van der Waals surface area contributed by atoms with Crippen molar-refractivity contribution in [1.29, 1.82) is 0 Å². The van der Waals surface area contributed by atoms with E-state index in [0.29, 0.717) is 33.2 Å². The van der Waals surface area contributed by atoms with Crippen LogP contribution in [-0.2, 0) is 0 Å². The zero-order valence-electron chi connectivity index (χ0n) is 14.5. The Kier molecular flexibility index (Phi) is 4.21. The maximum absolute atomic E-state index is 11.8. The Morgan fingerprint density at radius 1 is 1.04 bits per heavy atom. The molecule has 0 unspecified atom stereocenters. The van der Waals surface area contributed by atoms with Gasteiger partial charge in [0.25, 0.3) is 5.91 Å². The zero-order valence-corrected chi connectivity index (χ0v) is 15.3. The lowest BCUT2D eigenvalue weighted by Gasteiger charge is -2.11. The minimum atomic E-state index is -0.581. The molecule has 0 bridgehead atoms. The van der Waals surface area contributed by atoms with Crippen molar-refractivity contribution in [3.63, 3.8) is 0 Å². The molecule has 0 atom stereocenters. The molecule has 1 amide bonds. The number of carbonyl (C=O) groups excluding carboxylic acids is 1. The van der Waals surface area contributed by atoms with Crippen molar-refractivity contribution in [1.82, 2.24) is 9.97 Å². The van der Waals surface area contributed by atoms with Crippen LogP contribution in [0.4, 0.5) is 5.69 Å². The van der Waals surface area contributed by atoms with E-state index in [1.807, 2.05) is 54.6 Å². The SMILES string of the molecule is COc1ccccc1-c1nc(-c2ccccc2)nc2sc(C(N)=O)c(N)c12. The van der Waals surface area contributed by atoms with E-state index in [0.717, 1.165) is 11.1 Å². The summed E-state index contributed by atoms with van der Waals surface area (Å²) in [6.07, 6.45) is 0. The molecule has 0 saturated carbocycles. The highest BCUT2D eigenvalue weighted by molar-refractivity contribution is 7.21. The van der Waals surface area contributed by atoms with E-state index in [-0.39, 0.29) is 4.88 Å². The van der Waals surface area contributed by atoms with Gasteiger partial charge in [-0.05, 0) is 12.1 Å². The molecule has 0 aliphatic heterocycles. The lowest BCUT2D eigenvalue weighted by molar-refractivity contribution is 0.100. The van der Waals surface area contributed by atoms with Crippen LogP contribution in [0.5, 0.6) is 5.75 Å². The Balaban J connectivity index is 2.09. The molecule has 0 aliphatic rings. The summed E-state index contributed by atoms with van der Waals surface area (Å²) in [5.41, 5.74) is 14.3. The number of rotatable bonds is 4. The maximum Gasteiger partial charge on any atom is 0.260 e. The minimum absolute atomic E-state index is 0.278. The van der Waals surface area contributed by atoms with Crippen molar-refractivity contribution in [2.75, 3.05) is 12.8 Å². The molecular formula is C20H16N4O2S. The molecule has 0 radical (unpaired) electrons. The van der Waals surface area contributed by atoms with Gasteiger partial charge in [0.05, 0.1) is 23.9 Å². The fourth-order valence-electron chi connectivity index (χ4n) is 2.96. The molecule has 2 aromatic carbocycles. The first-order valence-corrected chi connectivity index (χ1v) is 9.00. The first-order chi connectivity index (χ1) is 13.1. The highest BCUT2D eigenvalue weighted by Crippen LogP contribution is 2.41. The van der Waals surface area contributed by atoms with Crippen LogP contribution in [0.2, 0.25) is 0 Å². The van der Waals surface area contributed by atoms with Crippen LogP contribution in [0, 0.1) is 0 Å². The smallest absolute Gasteiger partial charge is 0.260 e. The van der Waals surface area contributed by atoms with E-state index in [9.17, 15) is 4.79 Å².